The molecule has 0 bridgehead atoms. The van der Waals surface area contributed by atoms with E-state index >= 15 is 0 Å². The van der Waals surface area contributed by atoms with Crippen molar-refractivity contribution in [3.05, 3.63) is 54.0 Å². The SMILES string of the molecule is Fc1cccc(Sc2ncccc2CNC2CC2)c1. The van der Waals surface area contributed by atoms with E-state index in [1.165, 1.54) is 42.3 Å². The summed E-state index contributed by atoms with van der Waals surface area (Å²) in [5.41, 5.74) is 1.17. The Morgan fingerprint density at radius 3 is 2.95 bits per heavy atom. The topological polar surface area (TPSA) is 24.9 Å². The number of hydrogen-bond donors (Lipinski definition) is 1. The largest absolute Gasteiger partial charge is 0.310 e. The number of halogens is 1. The first-order chi connectivity index (χ1) is 9.31. The third kappa shape index (κ3) is 3.55. The Morgan fingerprint density at radius 2 is 2.16 bits per heavy atom. The highest BCUT2D eigenvalue weighted by Gasteiger charge is 2.20. The number of aromatic nitrogens is 1. The summed E-state index contributed by atoms with van der Waals surface area (Å²) >= 11 is 1.51. The van der Waals surface area contributed by atoms with Crippen LogP contribution >= 0.6 is 11.8 Å². The van der Waals surface area contributed by atoms with E-state index in [1.54, 1.807) is 12.3 Å². The monoisotopic (exact) mass is 274 g/mol. The van der Waals surface area contributed by atoms with E-state index in [1.807, 2.05) is 12.1 Å². The van der Waals surface area contributed by atoms with Gasteiger partial charge in [-0.05, 0) is 42.7 Å². The number of nitrogens with zero attached hydrogens (tertiary/aromatic N) is 1. The van der Waals surface area contributed by atoms with Crippen molar-refractivity contribution in [2.45, 2.75) is 35.3 Å². The molecule has 0 radical (unpaired) electrons. The van der Waals surface area contributed by atoms with Crippen LogP contribution in [0.4, 0.5) is 4.39 Å². The number of nitrogens with one attached hydrogen (secondary N) is 1. The van der Waals surface area contributed by atoms with Crippen molar-refractivity contribution in [3.63, 3.8) is 0 Å². The molecule has 1 N–H and O–H groups in total. The second kappa shape index (κ2) is 5.72. The van der Waals surface area contributed by atoms with E-state index in [2.05, 4.69) is 16.4 Å². The average molecular weight is 274 g/mol. The summed E-state index contributed by atoms with van der Waals surface area (Å²) in [6, 6.07) is 11.3. The minimum atomic E-state index is -0.210. The van der Waals surface area contributed by atoms with Gasteiger partial charge in [0.2, 0.25) is 0 Å². The van der Waals surface area contributed by atoms with E-state index in [4.69, 9.17) is 0 Å². The van der Waals surface area contributed by atoms with Crippen LogP contribution < -0.4 is 5.32 Å². The van der Waals surface area contributed by atoms with Crippen LogP contribution in [-0.2, 0) is 6.54 Å². The molecule has 1 aromatic carbocycles. The number of benzene rings is 1. The molecule has 1 aliphatic rings. The maximum absolute atomic E-state index is 13.2. The van der Waals surface area contributed by atoms with Gasteiger partial charge in [-0.3, -0.25) is 0 Å². The highest BCUT2D eigenvalue weighted by Crippen LogP contribution is 2.29. The molecule has 2 nitrogen and oxygen atoms in total. The van der Waals surface area contributed by atoms with Crippen LogP contribution in [-0.4, -0.2) is 11.0 Å². The summed E-state index contributed by atoms with van der Waals surface area (Å²) in [7, 11) is 0. The lowest BCUT2D eigenvalue weighted by Crippen LogP contribution is -2.16. The minimum absolute atomic E-state index is 0.210. The lowest BCUT2D eigenvalue weighted by atomic mass is 10.3. The van der Waals surface area contributed by atoms with Crippen molar-refractivity contribution in [1.29, 1.82) is 0 Å². The highest BCUT2D eigenvalue weighted by atomic mass is 32.2. The normalized spacial score (nSPS) is 14.6. The van der Waals surface area contributed by atoms with E-state index in [0.717, 1.165) is 16.5 Å². The minimum Gasteiger partial charge on any atom is -0.310 e. The predicted octanol–water partition coefficient (Wildman–Crippen LogP) is 3.62. The maximum Gasteiger partial charge on any atom is 0.124 e. The zero-order valence-electron chi connectivity index (χ0n) is 10.5. The van der Waals surface area contributed by atoms with E-state index < -0.39 is 0 Å². The third-order valence-corrected chi connectivity index (χ3v) is 4.07. The number of rotatable bonds is 5. The van der Waals surface area contributed by atoms with E-state index in [9.17, 15) is 4.39 Å². The molecule has 4 heteroatoms. The van der Waals surface area contributed by atoms with Crippen LogP contribution in [0.25, 0.3) is 0 Å². The van der Waals surface area contributed by atoms with Crippen LogP contribution in [0, 0.1) is 5.82 Å². The molecule has 0 aliphatic heterocycles. The zero-order chi connectivity index (χ0) is 13.1. The Morgan fingerprint density at radius 1 is 1.26 bits per heavy atom. The summed E-state index contributed by atoms with van der Waals surface area (Å²) in [5.74, 6) is -0.210. The fraction of sp³-hybridized carbons (Fsp3) is 0.267. The molecule has 3 rings (SSSR count). The van der Waals surface area contributed by atoms with Crippen LogP contribution in [0.3, 0.4) is 0 Å². The molecule has 0 saturated heterocycles. The van der Waals surface area contributed by atoms with Crippen molar-refractivity contribution in [2.24, 2.45) is 0 Å². The Hall–Kier alpha value is -1.39. The lowest BCUT2D eigenvalue weighted by Gasteiger charge is -2.08. The van der Waals surface area contributed by atoms with Gasteiger partial charge in [0.1, 0.15) is 10.8 Å². The molecule has 2 aromatic rings. The molecular weight excluding hydrogens is 259 g/mol. The first kappa shape index (κ1) is 12.6. The van der Waals surface area contributed by atoms with Crippen molar-refractivity contribution in [2.75, 3.05) is 0 Å². The Balaban J connectivity index is 1.75. The molecule has 1 aromatic heterocycles. The molecule has 0 unspecified atom stereocenters. The van der Waals surface area contributed by atoms with Crippen molar-refractivity contribution < 1.29 is 4.39 Å². The second-order valence-electron chi connectivity index (χ2n) is 4.68. The molecule has 98 valence electrons. The summed E-state index contributed by atoms with van der Waals surface area (Å²) < 4.78 is 13.2. The summed E-state index contributed by atoms with van der Waals surface area (Å²) in [6.45, 7) is 0.830. The van der Waals surface area contributed by atoms with Gasteiger partial charge in [-0.1, -0.05) is 23.9 Å². The first-order valence-corrected chi connectivity index (χ1v) is 7.23. The maximum atomic E-state index is 13.2. The molecule has 0 amide bonds. The Kier molecular flexibility index (Phi) is 3.80. The molecule has 19 heavy (non-hydrogen) atoms. The molecule has 1 fully saturated rings. The van der Waals surface area contributed by atoms with Gasteiger partial charge in [0, 0.05) is 23.7 Å². The van der Waals surface area contributed by atoms with Crippen LogP contribution in [0.1, 0.15) is 18.4 Å². The van der Waals surface area contributed by atoms with Crippen LogP contribution in [0.5, 0.6) is 0 Å². The first-order valence-electron chi connectivity index (χ1n) is 6.42. The summed E-state index contributed by atoms with van der Waals surface area (Å²) in [4.78, 5) is 5.28. The van der Waals surface area contributed by atoms with Crippen molar-refractivity contribution in [1.82, 2.24) is 10.3 Å². The highest BCUT2D eigenvalue weighted by molar-refractivity contribution is 7.99. The smallest absolute Gasteiger partial charge is 0.124 e. The molecular formula is C15H15FN2S. The van der Waals surface area contributed by atoms with Crippen LogP contribution in [0.2, 0.25) is 0 Å². The molecule has 1 aliphatic carbocycles. The quantitative estimate of drug-likeness (QED) is 0.901. The predicted molar refractivity (Wildman–Crippen MR) is 74.6 cm³/mol. The van der Waals surface area contributed by atoms with Gasteiger partial charge in [-0.15, -0.1) is 0 Å². The van der Waals surface area contributed by atoms with Gasteiger partial charge in [0.05, 0.1) is 0 Å². The van der Waals surface area contributed by atoms with Crippen molar-refractivity contribution in [3.8, 4) is 0 Å². The second-order valence-corrected chi connectivity index (χ2v) is 5.74. The number of hydrogen-bond acceptors (Lipinski definition) is 3. The molecule has 0 atom stereocenters. The molecule has 0 spiro atoms. The van der Waals surface area contributed by atoms with Gasteiger partial charge in [-0.2, -0.15) is 0 Å². The Bertz CT molecular complexity index is 570. The summed E-state index contributed by atoms with van der Waals surface area (Å²) in [6.07, 6.45) is 4.32. The fourth-order valence-electron chi connectivity index (χ4n) is 1.83. The van der Waals surface area contributed by atoms with Gasteiger partial charge in [-0.25, -0.2) is 9.37 Å². The van der Waals surface area contributed by atoms with Gasteiger partial charge in [0.25, 0.3) is 0 Å². The summed E-state index contributed by atoms with van der Waals surface area (Å²) in [5, 5.41) is 4.43. The van der Waals surface area contributed by atoms with E-state index in [-0.39, 0.29) is 5.82 Å². The molecule has 1 heterocycles. The van der Waals surface area contributed by atoms with E-state index in [0.29, 0.717) is 6.04 Å². The average Bonchev–Trinajstić information content (AvgIpc) is 3.22. The zero-order valence-corrected chi connectivity index (χ0v) is 11.3. The van der Waals surface area contributed by atoms with Gasteiger partial charge in [0.15, 0.2) is 0 Å². The van der Waals surface area contributed by atoms with Crippen LogP contribution in [0.15, 0.2) is 52.5 Å². The lowest BCUT2D eigenvalue weighted by molar-refractivity contribution is 0.624. The Labute approximate surface area is 116 Å². The fourth-order valence-corrected chi connectivity index (χ4v) is 2.76. The van der Waals surface area contributed by atoms with Gasteiger partial charge < -0.3 is 5.32 Å². The van der Waals surface area contributed by atoms with Gasteiger partial charge >= 0.3 is 0 Å². The third-order valence-electron chi connectivity index (χ3n) is 3.02. The standard InChI is InChI=1S/C15H15FN2S/c16-12-4-1-5-14(9-12)19-15-11(3-2-8-17-15)10-18-13-6-7-13/h1-5,8-9,13,18H,6-7,10H2. The van der Waals surface area contributed by atoms with Crippen molar-refractivity contribution >= 4 is 11.8 Å². The number of pyridine rings is 1. The molecule has 1 saturated carbocycles.